The van der Waals surface area contributed by atoms with Crippen LogP contribution in [0.3, 0.4) is 0 Å². The van der Waals surface area contributed by atoms with Crippen molar-refractivity contribution in [3.05, 3.63) is 59.7 Å². The standard InChI is InChI=1S/C20H24N2O2/c23-19(21-17-7-3-1-4-8-17)15-11-13-16(14-12-15)20(24)22-18-9-5-2-6-10-18/h3-4,7-8,11-14,17-18H,1-2,5-6,9-10H2,(H,21,23)(H,22,24). The Bertz CT molecular complexity index is 628. The van der Waals surface area contributed by atoms with E-state index >= 15 is 0 Å². The second kappa shape index (κ2) is 7.95. The van der Waals surface area contributed by atoms with Gasteiger partial charge in [0, 0.05) is 17.2 Å². The van der Waals surface area contributed by atoms with Gasteiger partial charge in [0.25, 0.3) is 11.8 Å². The molecule has 126 valence electrons. The number of hydrogen-bond donors (Lipinski definition) is 2. The van der Waals surface area contributed by atoms with Gasteiger partial charge in [0.05, 0.1) is 6.04 Å². The molecule has 2 aliphatic carbocycles. The molecular weight excluding hydrogens is 300 g/mol. The van der Waals surface area contributed by atoms with Crippen LogP contribution in [0.25, 0.3) is 0 Å². The topological polar surface area (TPSA) is 58.2 Å². The highest BCUT2D eigenvalue weighted by molar-refractivity contribution is 5.98. The van der Waals surface area contributed by atoms with Crippen LogP contribution in [0.4, 0.5) is 0 Å². The minimum atomic E-state index is -0.129. The maximum absolute atomic E-state index is 12.3. The molecule has 3 rings (SSSR count). The van der Waals surface area contributed by atoms with Crippen molar-refractivity contribution in [2.45, 2.75) is 50.6 Å². The number of hydrogen-bond acceptors (Lipinski definition) is 2. The van der Waals surface area contributed by atoms with Crippen molar-refractivity contribution in [3.63, 3.8) is 0 Å². The maximum Gasteiger partial charge on any atom is 0.251 e. The van der Waals surface area contributed by atoms with E-state index in [0.29, 0.717) is 17.2 Å². The van der Waals surface area contributed by atoms with Crippen LogP contribution in [0.2, 0.25) is 0 Å². The van der Waals surface area contributed by atoms with Crippen LogP contribution in [0.1, 0.15) is 59.2 Å². The molecule has 2 amide bonds. The Morgan fingerprint density at radius 1 is 0.792 bits per heavy atom. The summed E-state index contributed by atoms with van der Waals surface area (Å²) in [5.41, 5.74) is 1.17. The summed E-state index contributed by atoms with van der Waals surface area (Å²) in [5, 5.41) is 6.03. The molecule has 1 aromatic rings. The normalized spacial score (nSPS) is 18.3. The fourth-order valence-electron chi connectivity index (χ4n) is 3.21. The summed E-state index contributed by atoms with van der Waals surface area (Å²) in [6, 6.07) is 7.10. The zero-order chi connectivity index (χ0) is 16.8. The highest BCUT2D eigenvalue weighted by Crippen LogP contribution is 2.18. The molecule has 0 unspecified atom stereocenters. The predicted molar refractivity (Wildman–Crippen MR) is 94.9 cm³/mol. The molecule has 2 aliphatic rings. The lowest BCUT2D eigenvalue weighted by molar-refractivity contribution is 0.0922. The maximum atomic E-state index is 12.3. The third-order valence-corrected chi connectivity index (χ3v) is 4.61. The molecule has 0 heterocycles. The summed E-state index contributed by atoms with van der Waals surface area (Å²) in [5.74, 6) is -0.178. The van der Waals surface area contributed by atoms with E-state index < -0.39 is 0 Å². The number of carbonyl (C=O) groups excluding carboxylic acids is 2. The number of nitrogens with one attached hydrogen (secondary N) is 2. The van der Waals surface area contributed by atoms with Gasteiger partial charge in [-0.1, -0.05) is 43.6 Å². The third kappa shape index (κ3) is 4.34. The van der Waals surface area contributed by atoms with Gasteiger partial charge >= 0.3 is 0 Å². The van der Waals surface area contributed by atoms with Crippen LogP contribution in [-0.2, 0) is 0 Å². The van der Waals surface area contributed by atoms with Crippen LogP contribution in [0, 0.1) is 0 Å². The van der Waals surface area contributed by atoms with E-state index in [2.05, 4.69) is 10.6 Å². The Hall–Kier alpha value is -2.36. The summed E-state index contributed by atoms with van der Waals surface area (Å²) in [6.07, 6.45) is 14.7. The third-order valence-electron chi connectivity index (χ3n) is 4.61. The molecule has 0 spiro atoms. The largest absolute Gasteiger partial charge is 0.349 e. The van der Waals surface area contributed by atoms with Crippen molar-refractivity contribution in [3.8, 4) is 0 Å². The molecule has 0 aliphatic heterocycles. The Balaban J connectivity index is 1.56. The van der Waals surface area contributed by atoms with E-state index in [9.17, 15) is 9.59 Å². The molecule has 4 heteroatoms. The van der Waals surface area contributed by atoms with Gasteiger partial charge in [-0.2, -0.15) is 0 Å². The average molecular weight is 324 g/mol. The summed E-state index contributed by atoms with van der Waals surface area (Å²) >= 11 is 0. The average Bonchev–Trinajstić information content (AvgIpc) is 2.63. The molecule has 0 aromatic heterocycles. The molecule has 0 saturated heterocycles. The molecule has 1 saturated carbocycles. The van der Waals surface area contributed by atoms with Crippen LogP contribution < -0.4 is 10.6 Å². The number of rotatable bonds is 4. The minimum absolute atomic E-state index is 0.0491. The summed E-state index contributed by atoms with van der Waals surface area (Å²) in [6.45, 7) is 0. The number of amides is 2. The second-order valence-corrected chi connectivity index (χ2v) is 6.48. The zero-order valence-electron chi connectivity index (χ0n) is 13.8. The quantitative estimate of drug-likeness (QED) is 0.834. The molecule has 2 N–H and O–H groups in total. The number of allylic oxidation sites excluding steroid dienone is 2. The molecule has 0 radical (unpaired) electrons. The van der Waals surface area contributed by atoms with Crippen LogP contribution in [-0.4, -0.2) is 23.9 Å². The van der Waals surface area contributed by atoms with Crippen molar-refractivity contribution < 1.29 is 9.59 Å². The summed E-state index contributed by atoms with van der Waals surface area (Å²) in [7, 11) is 0. The molecule has 1 fully saturated rings. The smallest absolute Gasteiger partial charge is 0.251 e. The minimum Gasteiger partial charge on any atom is -0.349 e. The molecule has 0 bridgehead atoms. The van der Waals surface area contributed by atoms with Crippen molar-refractivity contribution in [1.82, 2.24) is 10.6 Å². The van der Waals surface area contributed by atoms with Gasteiger partial charge in [-0.05, 0) is 43.5 Å². The second-order valence-electron chi connectivity index (χ2n) is 6.48. The lowest BCUT2D eigenvalue weighted by Crippen LogP contribution is -2.36. The van der Waals surface area contributed by atoms with Gasteiger partial charge in [0.2, 0.25) is 0 Å². The van der Waals surface area contributed by atoms with Crippen molar-refractivity contribution in [1.29, 1.82) is 0 Å². The van der Waals surface area contributed by atoms with E-state index in [4.69, 9.17) is 0 Å². The van der Waals surface area contributed by atoms with E-state index in [0.717, 1.165) is 19.3 Å². The van der Waals surface area contributed by atoms with Gasteiger partial charge in [-0.25, -0.2) is 0 Å². The number of carbonyl (C=O) groups is 2. The first kappa shape index (κ1) is 16.5. The van der Waals surface area contributed by atoms with E-state index in [-0.39, 0.29) is 17.9 Å². The van der Waals surface area contributed by atoms with E-state index in [1.165, 1.54) is 19.3 Å². The van der Waals surface area contributed by atoms with Crippen LogP contribution in [0.5, 0.6) is 0 Å². The Morgan fingerprint density at radius 2 is 1.33 bits per heavy atom. The first-order valence-corrected chi connectivity index (χ1v) is 8.77. The first-order valence-electron chi connectivity index (χ1n) is 8.77. The van der Waals surface area contributed by atoms with Gasteiger partial charge < -0.3 is 10.6 Å². The predicted octanol–water partition coefficient (Wildman–Crippen LogP) is 3.36. The SMILES string of the molecule is O=C(NC1C=CCC=C1)c1ccc(C(=O)NC2CCCCC2)cc1. The monoisotopic (exact) mass is 324 g/mol. The van der Waals surface area contributed by atoms with E-state index in [1.54, 1.807) is 24.3 Å². The fourth-order valence-corrected chi connectivity index (χ4v) is 3.21. The van der Waals surface area contributed by atoms with Crippen molar-refractivity contribution >= 4 is 11.8 Å². The lowest BCUT2D eigenvalue weighted by atomic mass is 9.95. The Morgan fingerprint density at radius 3 is 1.92 bits per heavy atom. The van der Waals surface area contributed by atoms with Crippen molar-refractivity contribution in [2.75, 3.05) is 0 Å². The highest BCUT2D eigenvalue weighted by Gasteiger charge is 2.17. The molecule has 0 atom stereocenters. The van der Waals surface area contributed by atoms with Gasteiger partial charge in [0.1, 0.15) is 0 Å². The molecule has 24 heavy (non-hydrogen) atoms. The Labute approximate surface area is 143 Å². The molecule has 1 aromatic carbocycles. The van der Waals surface area contributed by atoms with Crippen LogP contribution >= 0.6 is 0 Å². The van der Waals surface area contributed by atoms with Gasteiger partial charge in [0.15, 0.2) is 0 Å². The van der Waals surface area contributed by atoms with Gasteiger partial charge in [-0.3, -0.25) is 9.59 Å². The van der Waals surface area contributed by atoms with E-state index in [1.807, 2.05) is 24.3 Å². The highest BCUT2D eigenvalue weighted by atomic mass is 16.2. The van der Waals surface area contributed by atoms with Crippen molar-refractivity contribution in [2.24, 2.45) is 0 Å². The summed E-state index contributed by atoms with van der Waals surface area (Å²) in [4.78, 5) is 24.5. The molecule has 4 nitrogen and oxygen atoms in total. The lowest BCUT2D eigenvalue weighted by Gasteiger charge is -2.22. The Kier molecular flexibility index (Phi) is 5.47. The zero-order valence-corrected chi connectivity index (χ0v) is 13.8. The van der Waals surface area contributed by atoms with Crippen LogP contribution in [0.15, 0.2) is 48.6 Å². The molecular formula is C20H24N2O2. The van der Waals surface area contributed by atoms with Gasteiger partial charge in [-0.15, -0.1) is 0 Å². The number of benzene rings is 1. The first-order chi connectivity index (χ1) is 11.7. The fraction of sp³-hybridized carbons (Fsp3) is 0.400. The summed E-state index contributed by atoms with van der Waals surface area (Å²) < 4.78 is 0.